The fourth-order valence-corrected chi connectivity index (χ4v) is 1.98. The summed E-state index contributed by atoms with van der Waals surface area (Å²) in [5.41, 5.74) is 2.63. The molecule has 0 spiro atoms. The fourth-order valence-electron chi connectivity index (χ4n) is 1.74. The summed E-state index contributed by atoms with van der Waals surface area (Å²) in [6.07, 6.45) is 1.61. The number of aryl methyl sites for hydroxylation is 2. The van der Waals surface area contributed by atoms with Crippen molar-refractivity contribution in [2.45, 2.75) is 19.4 Å². The fraction of sp³-hybridized carbons (Fsp3) is 0.333. The summed E-state index contributed by atoms with van der Waals surface area (Å²) in [6.45, 7) is 1.94. The van der Waals surface area contributed by atoms with Crippen molar-refractivity contribution in [3.8, 4) is 0 Å². The monoisotopic (exact) mass is 295 g/mol. The minimum Gasteiger partial charge on any atom is -0.386 e. The molecule has 0 amide bonds. The van der Waals surface area contributed by atoms with Gasteiger partial charge in [-0.05, 0) is 41.1 Å². The normalized spacial score (nSPS) is 12.7. The van der Waals surface area contributed by atoms with Crippen molar-refractivity contribution in [3.05, 3.63) is 46.0 Å². The summed E-state index contributed by atoms with van der Waals surface area (Å²) in [7, 11) is 1.88. The molecule has 4 nitrogen and oxygen atoms in total. The molecule has 1 atom stereocenters. The quantitative estimate of drug-likeness (QED) is 0.944. The molecule has 0 aliphatic heterocycles. The molecule has 2 aromatic rings. The number of hydrogen-bond acceptors (Lipinski definition) is 3. The van der Waals surface area contributed by atoms with E-state index in [0.717, 1.165) is 15.9 Å². The Morgan fingerprint density at radius 2 is 2.24 bits per heavy atom. The van der Waals surface area contributed by atoms with E-state index in [2.05, 4.69) is 26.0 Å². The van der Waals surface area contributed by atoms with Crippen LogP contribution in [-0.2, 0) is 13.5 Å². The first-order chi connectivity index (χ1) is 8.06. The van der Waals surface area contributed by atoms with Gasteiger partial charge in [0.05, 0.1) is 11.4 Å². The van der Waals surface area contributed by atoms with Crippen LogP contribution in [0.3, 0.4) is 0 Å². The topological polar surface area (TPSA) is 50.9 Å². The molecule has 2 heterocycles. The molecule has 0 aliphatic carbocycles. The highest BCUT2D eigenvalue weighted by Gasteiger charge is 2.12. The zero-order valence-electron chi connectivity index (χ0n) is 9.76. The van der Waals surface area contributed by atoms with Crippen molar-refractivity contribution < 1.29 is 5.11 Å². The van der Waals surface area contributed by atoms with Gasteiger partial charge >= 0.3 is 0 Å². The van der Waals surface area contributed by atoms with Crippen molar-refractivity contribution in [1.82, 2.24) is 14.8 Å². The van der Waals surface area contributed by atoms with Crippen LogP contribution in [-0.4, -0.2) is 19.9 Å². The second kappa shape index (κ2) is 4.98. The van der Waals surface area contributed by atoms with Gasteiger partial charge in [0.1, 0.15) is 6.10 Å². The van der Waals surface area contributed by atoms with Crippen LogP contribution in [0.25, 0.3) is 0 Å². The summed E-state index contributed by atoms with van der Waals surface area (Å²) >= 11 is 3.32. The predicted octanol–water partition coefficient (Wildman–Crippen LogP) is 2.16. The maximum absolute atomic E-state index is 10.1. The van der Waals surface area contributed by atoms with E-state index in [-0.39, 0.29) is 0 Å². The minimum atomic E-state index is -0.599. The van der Waals surface area contributed by atoms with Gasteiger partial charge in [-0.15, -0.1) is 0 Å². The van der Waals surface area contributed by atoms with Gasteiger partial charge < -0.3 is 5.11 Å². The minimum absolute atomic E-state index is 0.520. The Hall–Kier alpha value is -1.20. The van der Waals surface area contributed by atoms with Gasteiger partial charge in [-0.1, -0.05) is 0 Å². The Morgan fingerprint density at radius 1 is 1.47 bits per heavy atom. The zero-order valence-corrected chi connectivity index (χ0v) is 11.3. The molecule has 0 radical (unpaired) electrons. The zero-order chi connectivity index (χ0) is 12.4. The van der Waals surface area contributed by atoms with E-state index in [9.17, 15) is 5.11 Å². The van der Waals surface area contributed by atoms with Crippen LogP contribution in [0, 0.1) is 6.92 Å². The summed E-state index contributed by atoms with van der Waals surface area (Å²) in [5, 5.41) is 14.3. The third kappa shape index (κ3) is 2.92. The number of halogens is 1. The molecular weight excluding hydrogens is 282 g/mol. The van der Waals surface area contributed by atoms with Crippen LogP contribution in [0.15, 0.2) is 28.9 Å². The molecule has 1 N–H and O–H groups in total. The molecule has 2 rings (SSSR count). The molecule has 17 heavy (non-hydrogen) atoms. The molecule has 2 aromatic heterocycles. The van der Waals surface area contributed by atoms with Crippen LogP contribution in [0.4, 0.5) is 0 Å². The number of rotatable bonds is 3. The number of hydrogen-bond donors (Lipinski definition) is 1. The largest absolute Gasteiger partial charge is 0.386 e. The molecule has 90 valence electrons. The lowest BCUT2D eigenvalue weighted by atomic mass is 10.1. The SMILES string of the molecule is Cc1cc(CC(O)c2ccc(Br)cn2)n(C)n1. The van der Waals surface area contributed by atoms with E-state index in [4.69, 9.17) is 0 Å². The molecule has 0 bridgehead atoms. The maximum Gasteiger partial charge on any atom is 0.101 e. The molecule has 0 aliphatic rings. The number of aliphatic hydroxyl groups excluding tert-OH is 1. The molecule has 5 heteroatoms. The Labute approximate surface area is 108 Å². The Morgan fingerprint density at radius 3 is 2.76 bits per heavy atom. The average molecular weight is 296 g/mol. The Balaban J connectivity index is 2.13. The first-order valence-electron chi connectivity index (χ1n) is 5.35. The lowest BCUT2D eigenvalue weighted by Crippen LogP contribution is -2.07. The Kier molecular flexibility index (Phi) is 3.59. The van der Waals surface area contributed by atoms with E-state index < -0.39 is 6.10 Å². The molecular formula is C12H14BrN3O. The van der Waals surface area contributed by atoms with Gasteiger partial charge in [0.25, 0.3) is 0 Å². The number of pyridine rings is 1. The summed E-state index contributed by atoms with van der Waals surface area (Å²) in [6, 6.07) is 5.67. The van der Waals surface area contributed by atoms with Crippen LogP contribution in [0.2, 0.25) is 0 Å². The van der Waals surface area contributed by atoms with Gasteiger partial charge in [0.15, 0.2) is 0 Å². The predicted molar refractivity (Wildman–Crippen MR) is 68.5 cm³/mol. The lowest BCUT2D eigenvalue weighted by Gasteiger charge is -2.10. The molecule has 0 aromatic carbocycles. The van der Waals surface area contributed by atoms with Crippen molar-refractivity contribution in [2.75, 3.05) is 0 Å². The van der Waals surface area contributed by atoms with Crippen molar-refractivity contribution >= 4 is 15.9 Å². The summed E-state index contributed by atoms with van der Waals surface area (Å²) in [4.78, 5) is 4.18. The van der Waals surface area contributed by atoms with Gasteiger partial charge in [-0.2, -0.15) is 5.10 Å². The van der Waals surface area contributed by atoms with E-state index in [0.29, 0.717) is 12.1 Å². The third-order valence-electron chi connectivity index (χ3n) is 2.59. The second-order valence-electron chi connectivity index (χ2n) is 4.02. The van der Waals surface area contributed by atoms with E-state index in [1.165, 1.54) is 0 Å². The standard InChI is InChI=1S/C12H14BrN3O/c1-8-5-10(16(2)15-8)6-12(17)11-4-3-9(13)7-14-11/h3-5,7,12,17H,6H2,1-2H3. The highest BCUT2D eigenvalue weighted by molar-refractivity contribution is 9.10. The van der Waals surface area contributed by atoms with Gasteiger partial charge in [0, 0.05) is 29.8 Å². The van der Waals surface area contributed by atoms with Crippen LogP contribution in [0.5, 0.6) is 0 Å². The Bertz CT molecular complexity index is 507. The first kappa shape index (κ1) is 12.3. The molecule has 0 fully saturated rings. The number of aliphatic hydroxyl groups is 1. The molecule has 1 unspecified atom stereocenters. The van der Waals surface area contributed by atoms with Gasteiger partial charge in [-0.25, -0.2) is 0 Å². The summed E-state index contributed by atoms with van der Waals surface area (Å²) in [5.74, 6) is 0. The first-order valence-corrected chi connectivity index (χ1v) is 6.14. The van der Waals surface area contributed by atoms with E-state index in [1.807, 2.05) is 32.2 Å². The van der Waals surface area contributed by atoms with Crippen LogP contribution < -0.4 is 0 Å². The highest BCUT2D eigenvalue weighted by atomic mass is 79.9. The highest BCUT2D eigenvalue weighted by Crippen LogP contribution is 2.18. The molecule has 0 saturated heterocycles. The van der Waals surface area contributed by atoms with Gasteiger partial charge in [0.2, 0.25) is 0 Å². The van der Waals surface area contributed by atoms with Crippen molar-refractivity contribution in [1.29, 1.82) is 0 Å². The van der Waals surface area contributed by atoms with Gasteiger partial charge in [-0.3, -0.25) is 9.67 Å². The van der Waals surface area contributed by atoms with E-state index in [1.54, 1.807) is 10.9 Å². The third-order valence-corrected chi connectivity index (χ3v) is 3.06. The van der Waals surface area contributed by atoms with E-state index >= 15 is 0 Å². The summed E-state index contributed by atoms with van der Waals surface area (Å²) < 4.78 is 2.70. The smallest absolute Gasteiger partial charge is 0.101 e. The van der Waals surface area contributed by atoms with Crippen molar-refractivity contribution in [3.63, 3.8) is 0 Å². The average Bonchev–Trinajstić information content (AvgIpc) is 2.58. The maximum atomic E-state index is 10.1. The molecule has 0 saturated carbocycles. The lowest BCUT2D eigenvalue weighted by molar-refractivity contribution is 0.171. The number of aromatic nitrogens is 3. The second-order valence-corrected chi connectivity index (χ2v) is 4.94. The van der Waals surface area contributed by atoms with Crippen LogP contribution in [0.1, 0.15) is 23.2 Å². The number of nitrogens with zero attached hydrogens (tertiary/aromatic N) is 3. The van der Waals surface area contributed by atoms with Crippen LogP contribution >= 0.6 is 15.9 Å². The van der Waals surface area contributed by atoms with Crippen molar-refractivity contribution in [2.24, 2.45) is 7.05 Å².